The fourth-order valence-electron chi connectivity index (χ4n) is 0.432. The van der Waals surface area contributed by atoms with Crippen LogP contribution in [-0.2, 0) is 9.53 Å². The molecule has 0 aliphatic heterocycles. The van der Waals surface area contributed by atoms with E-state index in [1.165, 1.54) is 6.41 Å². The molecule has 0 aliphatic carbocycles. The first-order valence-corrected chi connectivity index (χ1v) is 3.08. The molecule has 0 aliphatic rings. The van der Waals surface area contributed by atoms with E-state index in [2.05, 4.69) is 4.74 Å². The summed E-state index contributed by atoms with van der Waals surface area (Å²) in [5.74, 6) is 0. The Kier molecular flexibility index (Phi) is 4.28. The number of hydrogen-bond donors (Lipinski definition) is 0. The van der Waals surface area contributed by atoms with Crippen LogP contribution >= 0.6 is 0 Å². The van der Waals surface area contributed by atoms with Gasteiger partial charge >= 0.3 is 12.5 Å². The lowest BCUT2D eigenvalue weighted by atomic mass is 10.6. The van der Waals surface area contributed by atoms with Crippen LogP contribution in [0, 0.1) is 0 Å². The molecule has 2 amide bonds. The lowest BCUT2D eigenvalue weighted by Gasteiger charge is -2.09. The first-order chi connectivity index (χ1) is 4.76. The third-order valence-corrected chi connectivity index (χ3v) is 0.915. The predicted molar refractivity (Wildman–Crippen MR) is 35.1 cm³/mol. The minimum absolute atomic E-state index is 0.275. The number of rotatable bonds is 3. The summed E-state index contributed by atoms with van der Waals surface area (Å²) in [6.45, 7) is 3.91. The van der Waals surface area contributed by atoms with Gasteiger partial charge in [0.2, 0.25) is 0 Å². The van der Waals surface area contributed by atoms with E-state index in [1.807, 2.05) is 0 Å². The van der Waals surface area contributed by atoms with Gasteiger partial charge < -0.3 is 4.74 Å². The minimum Gasteiger partial charge on any atom is -0.449 e. The normalized spacial score (nSPS) is 8.60. The number of nitrogens with zero attached hydrogens (tertiary/aromatic N) is 1. The summed E-state index contributed by atoms with van der Waals surface area (Å²) in [5, 5.41) is 0. The maximum absolute atomic E-state index is 10.6. The van der Waals surface area contributed by atoms with E-state index in [1.54, 1.807) is 13.8 Å². The van der Waals surface area contributed by atoms with Gasteiger partial charge in [-0.05, 0) is 13.8 Å². The molecule has 0 heterocycles. The topological polar surface area (TPSA) is 46.6 Å². The summed E-state index contributed by atoms with van der Waals surface area (Å²) in [7, 11) is 0. The summed E-state index contributed by atoms with van der Waals surface area (Å²) in [4.78, 5) is 21.4. The zero-order valence-electron chi connectivity index (χ0n) is 6.09. The van der Waals surface area contributed by atoms with Gasteiger partial charge in [-0.3, -0.25) is 4.79 Å². The Bertz CT molecular complexity index is 124. The number of carbonyl (C=O) groups is 1. The molecule has 0 atom stereocenters. The van der Waals surface area contributed by atoms with E-state index in [0.29, 0.717) is 6.54 Å². The van der Waals surface area contributed by atoms with Crippen LogP contribution in [-0.4, -0.2) is 30.6 Å². The molecule has 0 unspecified atom stereocenters. The summed E-state index contributed by atoms with van der Waals surface area (Å²) < 4.78 is 4.51. The first kappa shape index (κ1) is 8.94. The quantitative estimate of drug-likeness (QED) is 0.543. The molecule has 0 N–H and O–H groups in total. The summed E-state index contributed by atoms with van der Waals surface area (Å²) in [5.41, 5.74) is 0. The van der Waals surface area contributed by atoms with Gasteiger partial charge in [-0.25, -0.2) is 9.69 Å². The van der Waals surface area contributed by atoms with Crippen molar-refractivity contribution in [1.29, 1.82) is 0 Å². The smallest absolute Gasteiger partial charge is 0.416 e. The zero-order valence-corrected chi connectivity index (χ0v) is 6.09. The van der Waals surface area contributed by atoms with Crippen LogP contribution < -0.4 is 0 Å². The van der Waals surface area contributed by atoms with Crippen molar-refractivity contribution < 1.29 is 14.3 Å². The number of carbonyl (C=O) groups excluding carboxylic acids is 2. The Morgan fingerprint density at radius 1 is 1.60 bits per heavy atom. The lowest BCUT2D eigenvalue weighted by molar-refractivity contribution is 0.128. The monoisotopic (exact) mass is 144 g/mol. The third kappa shape index (κ3) is 2.48. The Morgan fingerprint density at radius 3 is 2.50 bits per heavy atom. The van der Waals surface area contributed by atoms with Gasteiger partial charge in [0.05, 0.1) is 6.61 Å². The van der Waals surface area contributed by atoms with Gasteiger partial charge in [-0.1, -0.05) is 0 Å². The molecule has 0 aromatic carbocycles. The fraction of sp³-hybridized carbons (Fsp3) is 0.667. The Labute approximate surface area is 59.8 Å². The molecule has 0 bridgehead atoms. The van der Waals surface area contributed by atoms with E-state index in [9.17, 15) is 9.59 Å². The van der Waals surface area contributed by atoms with Gasteiger partial charge in [0, 0.05) is 6.54 Å². The highest BCUT2D eigenvalue weighted by atomic mass is 16.6. The van der Waals surface area contributed by atoms with Gasteiger partial charge in [0.15, 0.2) is 0 Å². The molecule has 10 heavy (non-hydrogen) atoms. The van der Waals surface area contributed by atoms with Crippen LogP contribution in [0.4, 0.5) is 4.79 Å². The van der Waals surface area contributed by atoms with Crippen molar-refractivity contribution >= 4 is 12.5 Å². The van der Waals surface area contributed by atoms with Crippen LogP contribution in [0.1, 0.15) is 13.8 Å². The second kappa shape index (κ2) is 4.78. The van der Waals surface area contributed by atoms with Crippen LogP contribution in [0.15, 0.2) is 0 Å². The molecule has 0 saturated heterocycles. The number of ether oxygens (including phenoxy) is 1. The number of hydrogen-bond acceptors (Lipinski definition) is 3. The van der Waals surface area contributed by atoms with E-state index >= 15 is 0 Å². The Morgan fingerprint density at radius 2 is 2.20 bits per heavy atom. The van der Waals surface area contributed by atoms with Gasteiger partial charge in [-0.15, -0.1) is 0 Å². The summed E-state index contributed by atoms with van der Waals surface area (Å²) in [6, 6.07) is 0. The predicted octanol–water partition coefficient (Wildman–Crippen LogP) is 0.532. The van der Waals surface area contributed by atoms with E-state index < -0.39 is 6.09 Å². The van der Waals surface area contributed by atoms with Crippen molar-refractivity contribution in [3.63, 3.8) is 0 Å². The van der Waals surface area contributed by atoms with Crippen LogP contribution in [0.2, 0.25) is 0 Å². The molecule has 0 fully saturated rings. The molecular weight excluding hydrogens is 134 g/mol. The van der Waals surface area contributed by atoms with E-state index in [-0.39, 0.29) is 6.61 Å². The van der Waals surface area contributed by atoms with E-state index in [0.717, 1.165) is 4.90 Å². The molecule has 0 aromatic heterocycles. The van der Waals surface area contributed by atoms with Gasteiger partial charge in [0.1, 0.15) is 0 Å². The van der Waals surface area contributed by atoms with Crippen molar-refractivity contribution in [2.45, 2.75) is 13.8 Å². The highest BCUT2D eigenvalue weighted by Crippen LogP contribution is 1.88. The SMILES string of the molecule is CCOC(=O)N([C]=O)CC. The van der Waals surface area contributed by atoms with Crippen LogP contribution in [0.5, 0.6) is 0 Å². The summed E-state index contributed by atoms with van der Waals surface area (Å²) in [6.07, 6.45) is 0.806. The largest absolute Gasteiger partial charge is 0.449 e. The molecule has 0 aromatic rings. The highest BCUT2D eigenvalue weighted by Gasteiger charge is 2.10. The molecule has 4 nitrogen and oxygen atoms in total. The number of imide groups is 1. The highest BCUT2D eigenvalue weighted by molar-refractivity contribution is 5.80. The van der Waals surface area contributed by atoms with Gasteiger partial charge in [-0.2, -0.15) is 0 Å². The second-order valence-electron chi connectivity index (χ2n) is 1.53. The molecule has 4 heteroatoms. The molecule has 1 radical (unpaired) electrons. The average molecular weight is 144 g/mol. The molecule has 0 spiro atoms. The van der Waals surface area contributed by atoms with Crippen molar-refractivity contribution in [2.75, 3.05) is 13.2 Å². The third-order valence-electron chi connectivity index (χ3n) is 0.915. The number of amides is 2. The van der Waals surface area contributed by atoms with Crippen LogP contribution in [0.25, 0.3) is 0 Å². The molecular formula is C6H10NO3. The molecule has 57 valence electrons. The average Bonchev–Trinajstić information content (AvgIpc) is 1.91. The lowest BCUT2D eigenvalue weighted by Crippen LogP contribution is -2.29. The fourth-order valence-corrected chi connectivity index (χ4v) is 0.432. The summed E-state index contributed by atoms with van der Waals surface area (Å²) >= 11 is 0. The van der Waals surface area contributed by atoms with Crippen LogP contribution in [0.3, 0.4) is 0 Å². The van der Waals surface area contributed by atoms with Crippen molar-refractivity contribution in [2.24, 2.45) is 0 Å². The second-order valence-corrected chi connectivity index (χ2v) is 1.53. The zero-order chi connectivity index (χ0) is 7.98. The maximum Gasteiger partial charge on any atom is 0.416 e. The minimum atomic E-state index is -0.639. The first-order valence-electron chi connectivity index (χ1n) is 3.08. The van der Waals surface area contributed by atoms with Crippen molar-refractivity contribution in [3.05, 3.63) is 0 Å². The maximum atomic E-state index is 10.6. The molecule has 0 saturated carbocycles. The standard InChI is InChI=1S/C6H10NO3/c1-3-7(5-8)6(9)10-4-2/h3-4H2,1-2H3. The molecule has 0 rings (SSSR count). The van der Waals surface area contributed by atoms with Crippen molar-refractivity contribution in [1.82, 2.24) is 4.90 Å². The van der Waals surface area contributed by atoms with Gasteiger partial charge in [0.25, 0.3) is 0 Å². The van der Waals surface area contributed by atoms with E-state index in [4.69, 9.17) is 0 Å². The Hall–Kier alpha value is -1.06. The van der Waals surface area contributed by atoms with Crippen molar-refractivity contribution in [3.8, 4) is 0 Å². The Balaban J connectivity index is 3.76.